The van der Waals surface area contributed by atoms with Crippen molar-refractivity contribution in [2.24, 2.45) is 0 Å². The number of phenolic OH excluding ortho intramolecular Hbond substituents is 1. The lowest BCUT2D eigenvalue weighted by atomic mass is 9.97. The second-order valence-electron chi connectivity index (χ2n) is 7.20. The fourth-order valence-electron chi connectivity index (χ4n) is 3.67. The minimum absolute atomic E-state index is 0.0767. The number of aromatic hydroxyl groups is 1. The number of rotatable bonds is 4. The number of hydrogen-bond acceptors (Lipinski definition) is 2. The second kappa shape index (κ2) is 8.39. The van der Waals surface area contributed by atoms with E-state index in [0.717, 1.165) is 28.8 Å². The zero-order valence-corrected chi connectivity index (χ0v) is 17.7. The summed E-state index contributed by atoms with van der Waals surface area (Å²) in [5, 5.41) is 16.1. The van der Waals surface area contributed by atoms with Crippen LogP contribution in [0.4, 0.5) is 4.39 Å². The molecule has 0 aromatic heterocycles. The highest BCUT2D eigenvalue weighted by Gasteiger charge is 2.29. The van der Waals surface area contributed by atoms with Crippen LogP contribution in [0.1, 0.15) is 41.4 Å². The molecule has 1 aliphatic rings. The number of nitrogens with two attached hydrogens (primary N) is 1. The number of halogens is 2. The molecule has 0 bridgehead atoms. The van der Waals surface area contributed by atoms with Crippen LogP contribution >= 0.6 is 15.9 Å². The molecule has 29 heavy (non-hydrogen) atoms. The summed E-state index contributed by atoms with van der Waals surface area (Å²) in [5.74, 6) is -0.0145. The minimum Gasteiger partial charge on any atom is -0.507 e. The highest BCUT2D eigenvalue weighted by Crippen LogP contribution is 2.29. The van der Waals surface area contributed by atoms with Crippen molar-refractivity contribution in [1.29, 1.82) is 0 Å². The number of aryl methyl sites for hydroxylation is 1. The zero-order chi connectivity index (χ0) is 20.4. The molecule has 5 heteroatoms. The third kappa shape index (κ3) is 4.21. The monoisotopic (exact) mass is 453 g/mol. The van der Waals surface area contributed by atoms with Gasteiger partial charge in [0.1, 0.15) is 17.6 Å². The third-order valence-corrected chi connectivity index (χ3v) is 5.94. The number of benzene rings is 3. The van der Waals surface area contributed by atoms with Gasteiger partial charge in [-0.2, -0.15) is 0 Å². The molecule has 3 aromatic rings. The topological polar surface area (TPSA) is 48.9 Å². The van der Waals surface area contributed by atoms with Gasteiger partial charge in [-0.1, -0.05) is 43.3 Å². The van der Waals surface area contributed by atoms with Crippen LogP contribution in [-0.2, 0) is 6.42 Å². The Bertz CT molecular complexity index is 1050. The van der Waals surface area contributed by atoms with Crippen LogP contribution < -0.4 is 10.6 Å². The van der Waals surface area contributed by atoms with Crippen molar-refractivity contribution in [3.63, 3.8) is 0 Å². The summed E-state index contributed by atoms with van der Waals surface area (Å²) < 4.78 is 14.2. The quantitative estimate of drug-likeness (QED) is 0.531. The number of nitrogens with one attached hydrogen (secondary N) is 1. The van der Waals surface area contributed by atoms with Crippen LogP contribution in [0.15, 0.2) is 77.3 Å². The van der Waals surface area contributed by atoms with Crippen molar-refractivity contribution in [3.05, 3.63) is 105 Å². The van der Waals surface area contributed by atoms with Crippen LogP contribution in [0.5, 0.6) is 5.75 Å². The fraction of sp³-hybridized carbons (Fsp3) is 0.167. The number of hydrogen-bond donors (Lipinski definition) is 3. The summed E-state index contributed by atoms with van der Waals surface area (Å²) in [7, 11) is 0. The lowest BCUT2D eigenvalue weighted by Gasteiger charge is -2.30. The van der Waals surface area contributed by atoms with E-state index >= 15 is 0 Å². The van der Waals surface area contributed by atoms with Crippen LogP contribution in [0.2, 0.25) is 0 Å². The predicted octanol–water partition coefficient (Wildman–Crippen LogP) is 4.80. The maximum absolute atomic E-state index is 13.8. The van der Waals surface area contributed by atoms with Gasteiger partial charge >= 0.3 is 0 Å². The molecule has 0 saturated heterocycles. The lowest BCUT2D eigenvalue weighted by molar-refractivity contribution is -0.731. The van der Waals surface area contributed by atoms with Crippen LogP contribution in [0.3, 0.4) is 0 Å². The van der Waals surface area contributed by atoms with Gasteiger partial charge in [0.05, 0.1) is 10.0 Å². The average molecular weight is 454 g/mol. The van der Waals surface area contributed by atoms with Gasteiger partial charge in [0.15, 0.2) is 6.17 Å². The van der Waals surface area contributed by atoms with Crippen LogP contribution in [0.25, 0.3) is 5.70 Å². The first-order valence-corrected chi connectivity index (χ1v) is 10.5. The molecule has 148 valence electrons. The van der Waals surface area contributed by atoms with Gasteiger partial charge in [-0.15, -0.1) is 0 Å². The molecule has 0 fully saturated rings. The molecule has 4 rings (SSSR count). The first-order valence-electron chi connectivity index (χ1n) is 9.70. The smallest absolute Gasteiger partial charge is 0.186 e. The molecule has 0 saturated carbocycles. The fourth-order valence-corrected chi connectivity index (χ4v) is 4.07. The first-order chi connectivity index (χ1) is 14.0. The number of phenols is 1. The molecule has 0 amide bonds. The maximum Gasteiger partial charge on any atom is 0.186 e. The summed E-state index contributed by atoms with van der Waals surface area (Å²) >= 11 is 3.29. The van der Waals surface area contributed by atoms with Crippen LogP contribution in [0, 0.1) is 5.82 Å². The van der Waals surface area contributed by atoms with E-state index in [1.807, 2.05) is 18.2 Å². The van der Waals surface area contributed by atoms with Crippen molar-refractivity contribution in [2.45, 2.75) is 25.6 Å². The van der Waals surface area contributed by atoms with E-state index in [1.54, 1.807) is 18.2 Å². The maximum atomic E-state index is 13.8. The molecule has 2 atom stereocenters. The summed E-state index contributed by atoms with van der Waals surface area (Å²) in [6, 6.07) is 20.9. The highest BCUT2D eigenvalue weighted by molar-refractivity contribution is 9.10. The summed E-state index contributed by atoms with van der Waals surface area (Å²) in [5.41, 5.74) is 5.17. The van der Waals surface area contributed by atoms with E-state index in [1.165, 1.54) is 11.6 Å². The molecule has 3 nitrogen and oxygen atoms in total. The van der Waals surface area contributed by atoms with E-state index in [-0.39, 0.29) is 23.8 Å². The molecule has 4 N–H and O–H groups in total. The second-order valence-corrected chi connectivity index (χ2v) is 8.06. The van der Waals surface area contributed by atoms with Gasteiger partial charge in [0.2, 0.25) is 0 Å². The third-order valence-electron chi connectivity index (χ3n) is 5.33. The van der Waals surface area contributed by atoms with Gasteiger partial charge in [-0.25, -0.2) is 4.39 Å². The Labute approximate surface area is 178 Å². The Morgan fingerprint density at radius 3 is 2.52 bits per heavy atom. The van der Waals surface area contributed by atoms with E-state index in [0.29, 0.717) is 4.47 Å². The van der Waals surface area contributed by atoms with Crippen molar-refractivity contribution in [3.8, 4) is 5.75 Å². The lowest BCUT2D eigenvalue weighted by Crippen LogP contribution is -2.89. The van der Waals surface area contributed by atoms with Gasteiger partial charge in [0.25, 0.3) is 0 Å². The van der Waals surface area contributed by atoms with E-state index in [4.69, 9.17) is 0 Å². The zero-order valence-electron chi connectivity index (χ0n) is 16.1. The van der Waals surface area contributed by atoms with Gasteiger partial charge in [0, 0.05) is 17.3 Å². The Morgan fingerprint density at radius 2 is 1.83 bits per heavy atom. The van der Waals surface area contributed by atoms with E-state index < -0.39 is 0 Å². The van der Waals surface area contributed by atoms with E-state index in [2.05, 4.69) is 63.8 Å². The van der Waals surface area contributed by atoms with Crippen molar-refractivity contribution in [1.82, 2.24) is 5.32 Å². The van der Waals surface area contributed by atoms with Crippen LogP contribution in [-0.4, -0.2) is 5.11 Å². The average Bonchev–Trinajstić information content (AvgIpc) is 2.75. The van der Waals surface area contributed by atoms with E-state index in [9.17, 15) is 9.50 Å². The highest BCUT2D eigenvalue weighted by atomic mass is 79.9. The molecule has 1 heterocycles. The Hall–Kier alpha value is -2.63. The largest absolute Gasteiger partial charge is 0.507 e. The predicted molar refractivity (Wildman–Crippen MR) is 117 cm³/mol. The van der Waals surface area contributed by atoms with Crippen molar-refractivity contribution in [2.75, 3.05) is 0 Å². The van der Waals surface area contributed by atoms with Gasteiger partial charge in [-0.05, 0) is 63.8 Å². The first kappa shape index (κ1) is 19.7. The van der Waals surface area contributed by atoms with Crippen molar-refractivity contribution >= 4 is 21.6 Å². The molecule has 0 spiro atoms. The Balaban J connectivity index is 1.75. The molecule has 3 aromatic carbocycles. The Morgan fingerprint density at radius 1 is 1.07 bits per heavy atom. The number of para-hydroxylation sites is 1. The molecular formula is C24H23BrFN2O+. The molecule has 1 aliphatic heterocycles. The summed E-state index contributed by atoms with van der Waals surface area (Å²) in [6.45, 7) is 2.14. The molecular weight excluding hydrogens is 431 g/mol. The summed E-state index contributed by atoms with van der Waals surface area (Å²) in [6.07, 6.45) is 3.00. The van der Waals surface area contributed by atoms with Crippen molar-refractivity contribution < 1.29 is 14.8 Å². The standard InChI is InChI=1S/C24H22BrFN2O/c1-2-15-7-9-16(10-8-15)21-14-22(18-5-3-4-6-23(18)29)28-24(27-21)17-11-12-20(26)19(25)13-17/h3-14,22,24,27-29H,2H2,1H3/p+1. The molecule has 2 unspecified atom stereocenters. The SMILES string of the molecule is CCc1ccc(C2=CC(c3ccccc3O)[NH2+]C(c3ccc(F)c(Br)c3)N2)cc1. The molecule has 0 radical (unpaired) electrons. The minimum atomic E-state index is -0.285. The number of quaternary nitrogens is 1. The van der Waals surface area contributed by atoms with Gasteiger partial charge in [-0.3, -0.25) is 0 Å². The van der Waals surface area contributed by atoms with Gasteiger partial charge < -0.3 is 15.7 Å². The molecule has 0 aliphatic carbocycles. The summed E-state index contributed by atoms with van der Waals surface area (Å²) in [4.78, 5) is 0. The Kier molecular flexibility index (Phi) is 5.69. The normalized spacial score (nSPS) is 18.8.